The zero-order chi connectivity index (χ0) is 17.5. The van der Waals surface area contributed by atoms with Crippen molar-refractivity contribution < 1.29 is 23.8 Å². The second-order valence-corrected chi connectivity index (χ2v) is 8.00. The molecular weight excluding hydrogens is 332 g/mol. The highest BCUT2D eigenvalue weighted by molar-refractivity contribution is 7.13. The highest BCUT2D eigenvalue weighted by Gasteiger charge is 2.65. The van der Waals surface area contributed by atoms with E-state index in [4.69, 9.17) is 19.9 Å². The van der Waals surface area contributed by atoms with Crippen LogP contribution < -0.4 is 5.73 Å². The van der Waals surface area contributed by atoms with Crippen molar-refractivity contribution >= 4 is 28.4 Å². The van der Waals surface area contributed by atoms with Crippen LogP contribution in [-0.4, -0.2) is 36.2 Å². The average Bonchev–Trinajstić information content (AvgIpc) is 3.11. The highest BCUT2D eigenvalue weighted by atomic mass is 32.1. The van der Waals surface area contributed by atoms with Gasteiger partial charge < -0.3 is 19.9 Å². The lowest BCUT2D eigenvalue weighted by Gasteiger charge is -2.20. The minimum absolute atomic E-state index is 0.210. The lowest BCUT2D eigenvalue weighted by molar-refractivity contribution is -0.160. The molecule has 1 aromatic rings. The maximum absolute atomic E-state index is 12.5. The van der Waals surface area contributed by atoms with Gasteiger partial charge in [-0.15, -0.1) is 11.3 Å². The third-order valence-corrected chi connectivity index (χ3v) is 5.08. The minimum atomic E-state index is -1.26. The van der Waals surface area contributed by atoms with E-state index in [0.29, 0.717) is 30.0 Å². The summed E-state index contributed by atoms with van der Waals surface area (Å²) < 4.78 is 16.5. The molecule has 2 aliphatic rings. The van der Waals surface area contributed by atoms with Gasteiger partial charge in [-0.05, 0) is 12.8 Å². The predicted molar refractivity (Wildman–Crippen MR) is 87.2 cm³/mol. The first-order valence-corrected chi connectivity index (χ1v) is 8.87. The van der Waals surface area contributed by atoms with Gasteiger partial charge >= 0.3 is 11.9 Å². The van der Waals surface area contributed by atoms with E-state index in [1.807, 2.05) is 13.8 Å². The topological polar surface area (TPSA) is 101 Å². The molecule has 0 unspecified atom stereocenters. The van der Waals surface area contributed by atoms with Crippen molar-refractivity contribution in [3.8, 4) is 0 Å². The number of hydrogen-bond acceptors (Lipinski definition) is 8. The van der Waals surface area contributed by atoms with Crippen LogP contribution in [0, 0.1) is 11.3 Å². The normalized spacial score (nSPS) is 32.6. The Labute approximate surface area is 144 Å². The Balaban J connectivity index is 1.74. The summed E-state index contributed by atoms with van der Waals surface area (Å²) in [4.78, 5) is 29.1. The van der Waals surface area contributed by atoms with Gasteiger partial charge in [-0.1, -0.05) is 13.8 Å². The molecule has 7 nitrogen and oxygen atoms in total. The van der Waals surface area contributed by atoms with Gasteiger partial charge in [0.2, 0.25) is 0 Å². The number of esters is 2. The molecule has 0 aromatic carbocycles. The highest BCUT2D eigenvalue weighted by Crippen LogP contribution is 2.52. The maximum atomic E-state index is 12.5. The number of nitrogens with zero attached hydrogens (tertiary/aromatic N) is 1. The van der Waals surface area contributed by atoms with Crippen molar-refractivity contribution in [3.63, 3.8) is 0 Å². The third kappa shape index (κ3) is 2.88. The van der Waals surface area contributed by atoms with Crippen LogP contribution in [0.2, 0.25) is 0 Å². The molecule has 0 bridgehead atoms. The fourth-order valence-electron chi connectivity index (χ4n) is 3.28. The number of hydrogen-bond donors (Lipinski definition) is 1. The predicted octanol–water partition coefficient (Wildman–Crippen LogP) is 1.86. The molecule has 0 radical (unpaired) electrons. The van der Waals surface area contributed by atoms with E-state index in [2.05, 4.69) is 4.98 Å². The number of anilines is 1. The largest absolute Gasteiger partial charge is 0.459 e. The standard InChI is InChI=1S/C16H22N2O5S/c1-9(2)5-21-6-10-4-16(12(19)22-10)8-15(3,23-13(16)20)11-7-24-14(17)18-11/h7,9-10H,4-6,8H2,1-3H3,(H2,17,18)/t10-,15-,16+/m0/s1. The van der Waals surface area contributed by atoms with Gasteiger partial charge in [-0.2, -0.15) is 0 Å². The smallest absolute Gasteiger partial charge is 0.324 e. The van der Waals surface area contributed by atoms with Crippen LogP contribution in [0.15, 0.2) is 5.38 Å². The first-order chi connectivity index (χ1) is 11.2. The molecule has 0 amide bonds. The Kier molecular flexibility index (Phi) is 4.29. The van der Waals surface area contributed by atoms with E-state index in [1.54, 1.807) is 12.3 Å². The summed E-state index contributed by atoms with van der Waals surface area (Å²) in [5, 5.41) is 2.16. The van der Waals surface area contributed by atoms with Crippen LogP contribution >= 0.6 is 11.3 Å². The fourth-order valence-corrected chi connectivity index (χ4v) is 3.96. The number of nitrogens with two attached hydrogens (primary N) is 1. The Bertz CT molecular complexity index is 661. The van der Waals surface area contributed by atoms with Crippen LogP contribution in [0.25, 0.3) is 0 Å². The second kappa shape index (κ2) is 6.00. The van der Waals surface area contributed by atoms with E-state index in [-0.39, 0.29) is 12.8 Å². The van der Waals surface area contributed by atoms with E-state index >= 15 is 0 Å². The quantitative estimate of drug-likeness (QED) is 0.636. The fraction of sp³-hybridized carbons (Fsp3) is 0.688. The van der Waals surface area contributed by atoms with E-state index in [1.165, 1.54) is 11.3 Å². The van der Waals surface area contributed by atoms with Gasteiger partial charge in [-0.25, -0.2) is 4.98 Å². The second-order valence-electron chi connectivity index (χ2n) is 7.11. The van der Waals surface area contributed by atoms with Gasteiger partial charge in [0.15, 0.2) is 16.1 Å². The van der Waals surface area contributed by atoms with E-state index in [0.717, 1.165) is 0 Å². The lowest BCUT2D eigenvalue weighted by Crippen LogP contribution is -2.32. The number of aromatic nitrogens is 1. The SMILES string of the molecule is CC(C)COC[C@@H]1C[C@@]2(C[C@@](C)(c3csc(N)n3)OC2=O)C(=O)O1. The van der Waals surface area contributed by atoms with Gasteiger partial charge in [-0.3, -0.25) is 9.59 Å². The van der Waals surface area contributed by atoms with Crippen molar-refractivity contribution in [2.75, 3.05) is 18.9 Å². The molecule has 24 heavy (non-hydrogen) atoms. The maximum Gasteiger partial charge on any atom is 0.324 e. The molecular formula is C16H22N2O5S. The molecule has 1 aromatic heterocycles. The van der Waals surface area contributed by atoms with Crippen molar-refractivity contribution in [2.45, 2.75) is 45.3 Å². The molecule has 132 valence electrons. The lowest BCUT2D eigenvalue weighted by atomic mass is 9.78. The van der Waals surface area contributed by atoms with Crippen LogP contribution in [-0.2, 0) is 29.4 Å². The van der Waals surface area contributed by atoms with Gasteiger partial charge in [0.1, 0.15) is 6.10 Å². The molecule has 3 rings (SSSR count). The van der Waals surface area contributed by atoms with Crippen molar-refractivity contribution in [1.82, 2.24) is 4.98 Å². The molecule has 0 aliphatic carbocycles. The number of carbonyl (C=O) groups excluding carboxylic acids is 2. The zero-order valence-electron chi connectivity index (χ0n) is 14.0. The molecule has 3 heterocycles. The summed E-state index contributed by atoms with van der Waals surface area (Å²) in [5.41, 5.74) is 4.02. The summed E-state index contributed by atoms with van der Waals surface area (Å²) >= 11 is 1.28. The van der Waals surface area contributed by atoms with Gasteiger partial charge in [0.25, 0.3) is 0 Å². The number of ether oxygens (including phenoxy) is 3. The number of cyclic esters (lactones) is 2. The molecule has 8 heteroatoms. The van der Waals surface area contributed by atoms with Crippen molar-refractivity contribution in [1.29, 1.82) is 0 Å². The van der Waals surface area contributed by atoms with Crippen molar-refractivity contribution in [3.05, 3.63) is 11.1 Å². The summed E-state index contributed by atoms with van der Waals surface area (Å²) in [6.07, 6.45) is 0.0612. The monoisotopic (exact) mass is 354 g/mol. The minimum Gasteiger partial charge on any atom is -0.459 e. The molecule has 2 fully saturated rings. The zero-order valence-corrected chi connectivity index (χ0v) is 14.9. The van der Waals surface area contributed by atoms with Crippen LogP contribution in [0.4, 0.5) is 5.13 Å². The summed E-state index contributed by atoms with van der Waals surface area (Å²) in [7, 11) is 0. The van der Waals surface area contributed by atoms with Gasteiger partial charge in [0.05, 0.1) is 12.3 Å². The summed E-state index contributed by atoms with van der Waals surface area (Å²) in [5.74, 6) is -0.684. The average molecular weight is 354 g/mol. The van der Waals surface area contributed by atoms with E-state index in [9.17, 15) is 9.59 Å². The van der Waals surface area contributed by atoms with Crippen LogP contribution in [0.1, 0.15) is 39.3 Å². The first-order valence-electron chi connectivity index (χ1n) is 7.99. The number of carbonyl (C=O) groups is 2. The Morgan fingerprint density at radius 2 is 2.21 bits per heavy atom. The molecule has 2 saturated heterocycles. The summed E-state index contributed by atoms with van der Waals surface area (Å²) in [6.45, 7) is 6.72. The Morgan fingerprint density at radius 1 is 1.46 bits per heavy atom. The number of thiazole rings is 1. The van der Waals surface area contributed by atoms with Crippen LogP contribution in [0.5, 0.6) is 0 Å². The van der Waals surface area contributed by atoms with Crippen LogP contribution in [0.3, 0.4) is 0 Å². The third-order valence-electron chi connectivity index (χ3n) is 4.41. The molecule has 2 aliphatic heterocycles. The Morgan fingerprint density at radius 3 is 2.83 bits per heavy atom. The summed E-state index contributed by atoms with van der Waals surface area (Å²) in [6, 6.07) is 0. The van der Waals surface area contributed by atoms with E-state index < -0.39 is 29.1 Å². The van der Waals surface area contributed by atoms with Gasteiger partial charge in [0, 0.05) is 24.8 Å². The first kappa shape index (κ1) is 17.2. The molecule has 2 N–H and O–H groups in total. The number of nitrogen functional groups attached to an aromatic ring is 1. The molecule has 1 spiro atoms. The molecule has 3 atom stereocenters. The number of rotatable bonds is 5. The van der Waals surface area contributed by atoms with Crippen molar-refractivity contribution in [2.24, 2.45) is 11.3 Å². The molecule has 0 saturated carbocycles. The Hall–Kier alpha value is -1.67.